The molecule has 0 spiro atoms. The van der Waals surface area contributed by atoms with E-state index in [-0.39, 0.29) is 34.6 Å². The fourth-order valence-corrected chi connectivity index (χ4v) is 6.19. The van der Waals surface area contributed by atoms with Gasteiger partial charge in [-0.2, -0.15) is 8.78 Å². The van der Waals surface area contributed by atoms with Crippen LogP contribution in [0.1, 0.15) is 50.8 Å². The van der Waals surface area contributed by atoms with Gasteiger partial charge in [0, 0.05) is 51.3 Å². The number of rotatable bonds is 13. The summed E-state index contributed by atoms with van der Waals surface area (Å²) in [4.78, 5) is 27.8. The number of fused-ring (bicyclic) bond motifs is 5. The molecule has 0 amide bonds. The lowest BCUT2D eigenvalue weighted by atomic mass is 9.93. The molecule has 0 unspecified atom stereocenters. The summed E-state index contributed by atoms with van der Waals surface area (Å²) in [6, 6.07) is 25.2. The number of hydrogen-bond donors (Lipinski definition) is 0. The van der Waals surface area contributed by atoms with Gasteiger partial charge in [-0.05, 0) is 60.7 Å². The molecular formula is C39H29F8NO3. The number of aromatic nitrogens is 1. The molecule has 0 aliphatic carbocycles. The normalized spacial score (nSPS) is 12.5. The highest BCUT2D eigenvalue weighted by molar-refractivity contribution is 6.26. The third-order valence-corrected chi connectivity index (χ3v) is 8.84. The quantitative estimate of drug-likeness (QED) is 0.0885. The van der Waals surface area contributed by atoms with Crippen molar-refractivity contribution in [3.63, 3.8) is 0 Å². The van der Waals surface area contributed by atoms with Crippen LogP contribution in [-0.2, 0) is 13.0 Å². The van der Waals surface area contributed by atoms with Gasteiger partial charge in [0.15, 0.2) is 18.2 Å². The van der Waals surface area contributed by atoms with Gasteiger partial charge in [0.1, 0.15) is 5.75 Å². The third-order valence-electron chi connectivity index (χ3n) is 8.84. The van der Waals surface area contributed by atoms with Crippen molar-refractivity contribution in [1.82, 2.24) is 4.57 Å². The van der Waals surface area contributed by atoms with Crippen LogP contribution in [0.4, 0.5) is 35.1 Å². The van der Waals surface area contributed by atoms with E-state index in [2.05, 4.69) is 0 Å². The zero-order valence-corrected chi connectivity index (χ0v) is 26.9. The summed E-state index contributed by atoms with van der Waals surface area (Å²) >= 11 is 0. The Kier molecular flexibility index (Phi) is 9.63. The van der Waals surface area contributed by atoms with Crippen molar-refractivity contribution in [2.45, 2.75) is 51.0 Å². The first kappa shape index (κ1) is 35.6. The van der Waals surface area contributed by atoms with Crippen LogP contribution < -0.4 is 4.74 Å². The Balaban J connectivity index is 1.42. The number of para-hydroxylation sites is 1. The number of nitrogens with zero attached hydrogens (tertiary/aromatic N) is 1. The lowest BCUT2D eigenvalue weighted by Crippen LogP contribution is -2.34. The second-order valence-corrected chi connectivity index (χ2v) is 12.1. The maximum Gasteiger partial charge on any atom is 0.340 e. The van der Waals surface area contributed by atoms with Gasteiger partial charge in [-0.25, -0.2) is 26.3 Å². The van der Waals surface area contributed by atoms with Gasteiger partial charge in [0.25, 0.3) is 0 Å². The van der Waals surface area contributed by atoms with Crippen molar-refractivity contribution >= 4 is 44.1 Å². The summed E-state index contributed by atoms with van der Waals surface area (Å²) in [5.74, 6) is -9.82. The van der Waals surface area contributed by atoms with Gasteiger partial charge in [-0.3, -0.25) is 9.59 Å². The van der Waals surface area contributed by atoms with E-state index in [1.54, 1.807) is 36.4 Å². The molecule has 0 atom stereocenters. The Morgan fingerprint density at radius 3 is 1.94 bits per heavy atom. The van der Waals surface area contributed by atoms with Crippen LogP contribution in [0.5, 0.6) is 5.75 Å². The Bertz CT molecular complexity index is 2260. The number of carbonyl (C=O) groups excluding carboxylic acids is 2. The summed E-state index contributed by atoms with van der Waals surface area (Å²) in [5.41, 5.74) is 2.51. The summed E-state index contributed by atoms with van der Waals surface area (Å²) in [7, 11) is 0. The van der Waals surface area contributed by atoms with Crippen molar-refractivity contribution in [2.24, 2.45) is 0 Å². The molecule has 6 rings (SSSR count). The van der Waals surface area contributed by atoms with E-state index in [4.69, 9.17) is 4.74 Å². The number of alkyl halides is 8. The van der Waals surface area contributed by atoms with Gasteiger partial charge in [0.2, 0.25) is 0 Å². The van der Waals surface area contributed by atoms with Crippen LogP contribution in [-0.4, -0.2) is 47.4 Å². The molecule has 12 heteroatoms. The zero-order valence-electron chi connectivity index (χ0n) is 26.9. The van der Waals surface area contributed by atoms with Crippen LogP contribution in [0.15, 0.2) is 97.1 Å². The van der Waals surface area contributed by atoms with Crippen molar-refractivity contribution in [3.05, 3.63) is 125 Å². The smallest absolute Gasteiger partial charge is 0.340 e. The molecule has 1 aromatic heterocycles. The van der Waals surface area contributed by atoms with Gasteiger partial charge in [0.05, 0.1) is 11.1 Å². The topological polar surface area (TPSA) is 48.3 Å². The minimum atomic E-state index is -4.43. The number of benzene rings is 5. The molecule has 0 saturated heterocycles. The second-order valence-electron chi connectivity index (χ2n) is 12.1. The molecule has 6 aromatic rings. The molecule has 0 aliphatic rings. The Labute approximate surface area is 286 Å². The number of carbonyl (C=O) groups is 2. The number of hydrogen-bond acceptors (Lipinski definition) is 3. The predicted molar refractivity (Wildman–Crippen MR) is 178 cm³/mol. The molecule has 0 radical (unpaired) electrons. The highest BCUT2D eigenvalue weighted by Gasteiger charge is 2.42. The molecular weight excluding hydrogens is 682 g/mol. The summed E-state index contributed by atoms with van der Waals surface area (Å²) in [6.45, 7) is 0.832. The van der Waals surface area contributed by atoms with Crippen LogP contribution in [0.25, 0.3) is 32.6 Å². The zero-order chi connectivity index (χ0) is 36.7. The van der Waals surface area contributed by atoms with E-state index in [1.807, 2.05) is 23.6 Å². The van der Waals surface area contributed by atoms with E-state index < -0.39 is 43.5 Å². The number of ketones is 2. The van der Waals surface area contributed by atoms with Crippen molar-refractivity contribution < 1.29 is 49.4 Å². The van der Waals surface area contributed by atoms with Gasteiger partial charge >= 0.3 is 24.7 Å². The Hall–Kier alpha value is -5.26. The molecule has 5 aromatic carbocycles. The van der Waals surface area contributed by atoms with Crippen molar-refractivity contribution in [3.8, 4) is 5.75 Å². The summed E-state index contributed by atoms with van der Waals surface area (Å²) < 4.78 is 112. The molecule has 0 aliphatic heterocycles. The average Bonchev–Trinajstić information content (AvgIpc) is 3.45. The van der Waals surface area contributed by atoms with Crippen LogP contribution in [0, 0.1) is 0 Å². The monoisotopic (exact) mass is 711 g/mol. The van der Waals surface area contributed by atoms with Crippen LogP contribution >= 0.6 is 0 Å². The van der Waals surface area contributed by atoms with Gasteiger partial charge in [-0.15, -0.1) is 0 Å². The highest BCUT2D eigenvalue weighted by atomic mass is 19.3. The molecule has 0 fully saturated rings. The predicted octanol–water partition coefficient (Wildman–Crippen LogP) is 10.5. The highest BCUT2D eigenvalue weighted by Crippen LogP contribution is 2.38. The van der Waals surface area contributed by atoms with Crippen molar-refractivity contribution in [2.75, 3.05) is 6.61 Å². The molecule has 4 nitrogen and oxygen atoms in total. The maximum atomic E-state index is 14.0. The van der Waals surface area contributed by atoms with Crippen LogP contribution in [0.2, 0.25) is 0 Å². The van der Waals surface area contributed by atoms with E-state index in [9.17, 15) is 44.7 Å². The summed E-state index contributed by atoms with van der Waals surface area (Å²) in [5, 5.41) is 2.62. The third kappa shape index (κ3) is 6.79. The number of aryl methyl sites for hydroxylation is 2. The van der Waals surface area contributed by atoms with E-state index in [0.29, 0.717) is 33.8 Å². The van der Waals surface area contributed by atoms with E-state index >= 15 is 0 Å². The fraction of sp³-hybridized carbons (Fsp3) is 0.231. The van der Waals surface area contributed by atoms with Crippen molar-refractivity contribution in [1.29, 1.82) is 0 Å². The minimum absolute atomic E-state index is 0.108. The minimum Gasteiger partial charge on any atom is -0.486 e. The molecule has 264 valence electrons. The molecule has 51 heavy (non-hydrogen) atoms. The first-order chi connectivity index (χ1) is 24.2. The Morgan fingerprint density at radius 1 is 0.667 bits per heavy atom. The Morgan fingerprint density at radius 2 is 1.27 bits per heavy atom. The largest absolute Gasteiger partial charge is 0.486 e. The first-order valence-electron chi connectivity index (χ1n) is 15.9. The first-order valence-corrected chi connectivity index (χ1v) is 15.9. The lowest BCUT2D eigenvalue weighted by molar-refractivity contribution is -0.148. The standard InChI is InChI=1S/C39H29F8NO3/c1-2-48-31-16-15-24(35(50)27-9-5-6-10-32(27)51-21-39(46,47)37(42)43)19-28(31)29-20-30(25-7-3-4-8-26(25)33(29)48)34(49)23-13-11-22(12-14-23)17-18-38(44,45)36(40)41/h3-16,19-20,36-37H,2,17-18,21H2,1H3. The summed E-state index contributed by atoms with van der Waals surface area (Å²) in [6.07, 6.45) is -9.08. The molecule has 0 N–H and O–H groups in total. The number of halogens is 8. The van der Waals surface area contributed by atoms with Gasteiger partial charge in [-0.1, -0.05) is 60.7 Å². The molecule has 1 heterocycles. The average molecular weight is 712 g/mol. The fourth-order valence-electron chi connectivity index (χ4n) is 6.19. The number of ether oxygens (including phenoxy) is 1. The van der Waals surface area contributed by atoms with E-state index in [0.717, 1.165) is 16.4 Å². The lowest BCUT2D eigenvalue weighted by Gasteiger charge is -2.17. The van der Waals surface area contributed by atoms with Gasteiger partial charge < -0.3 is 9.30 Å². The van der Waals surface area contributed by atoms with E-state index in [1.165, 1.54) is 48.5 Å². The maximum absolute atomic E-state index is 14.0. The SMILES string of the molecule is CCn1c2ccc(C(=O)c3ccccc3OCC(F)(F)C(F)F)cc2c2cc(C(=O)c3ccc(CCC(F)(F)C(F)F)cc3)c3ccccc3c21. The molecule has 0 bridgehead atoms. The van der Waals surface area contributed by atoms with Crippen LogP contribution in [0.3, 0.4) is 0 Å². The second kappa shape index (κ2) is 13.8. The molecule has 0 saturated carbocycles.